The van der Waals surface area contributed by atoms with Crippen molar-refractivity contribution in [3.8, 4) is 11.5 Å². The van der Waals surface area contributed by atoms with Crippen LogP contribution >= 0.6 is 0 Å². The number of carbonyl (C=O) groups is 1. The van der Waals surface area contributed by atoms with Gasteiger partial charge in [0.1, 0.15) is 17.2 Å². The van der Waals surface area contributed by atoms with Gasteiger partial charge in [-0.2, -0.15) is 5.10 Å². The van der Waals surface area contributed by atoms with Crippen molar-refractivity contribution in [3.05, 3.63) is 41.2 Å². The summed E-state index contributed by atoms with van der Waals surface area (Å²) in [4.78, 5) is 12.7. The Hall–Kier alpha value is -2.30. The maximum absolute atomic E-state index is 12.7. The summed E-state index contributed by atoms with van der Waals surface area (Å²) in [5.74, 6) is 1.02. The number of benzene rings is 1. The largest absolute Gasteiger partial charge is 0.497 e. The molecule has 5 nitrogen and oxygen atoms in total. The zero-order valence-electron chi connectivity index (χ0n) is 12.1. The summed E-state index contributed by atoms with van der Waals surface area (Å²) >= 11 is 0. The van der Waals surface area contributed by atoms with Crippen LogP contribution in [0.15, 0.2) is 24.3 Å². The van der Waals surface area contributed by atoms with E-state index in [4.69, 9.17) is 9.47 Å². The van der Waals surface area contributed by atoms with Crippen LogP contribution in [0.5, 0.6) is 11.5 Å². The molecule has 0 saturated heterocycles. The minimum atomic E-state index is -0.122. The summed E-state index contributed by atoms with van der Waals surface area (Å²) < 4.78 is 12.1. The highest BCUT2D eigenvalue weighted by molar-refractivity contribution is 6.10. The topological polar surface area (TPSA) is 53.4 Å². The first-order valence-electron chi connectivity index (χ1n) is 6.41. The molecular weight excluding hydrogens is 256 g/mol. The minimum Gasteiger partial charge on any atom is -0.497 e. The lowest BCUT2D eigenvalue weighted by Gasteiger charge is -2.10. The fourth-order valence-electron chi connectivity index (χ4n) is 2.10. The first kappa shape index (κ1) is 14.1. The number of hydrogen-bond donors (Lipinski definition) is 0. The van der Waals surface area contributed by atoms with Gasteiger partial charge in [0, 0.05) is 6.54 Å². The Kier molecular flexibility index (Phi) is 4.08. The molecule has 5 heteroatoms. The van der Waals surface area contributed by atoms with E-state index >= 15 is 0 Å². The molecule has 0 saturated carbocycles. The average Bonchev–Trinajstić information content (AvgIpc) is 2.86. The van der Waals surface area contributed by atoms with Gasteiger partial charge in [0.2, 0.25) is 5.78 Å². The lowest BCUT2D eigenvalue weighted by Crippen LogP contribution is -2.11. The van der Waals surface area contributed by atoms with E-state index in [0.717, 1.165) is 5.69 Å². The number of ketones is 1. The van der Waals surface area contributed by atoms with Crippen molar-refractivity contribution in [1.29, 1.82) is 0 Å². The van der Waals surface area contributed by atoms with Crippen LogP contribution in [-0.2, 0) is 6.54 Å². The van der Waals surface area contributed by atoms with E-state index in [1.807, 2.05) is 13.8 Å². The smallest absolute Gasteiger partial charge is 0.214 e. The van der Waals surface area contributed by atoms with Gasteiger partial charge in [-0.05, 0) is 38.1 Å². The van der Waals surface area contributed by atoms with Gasteiger partial charge < -0.3 is 9.47 Å². The lowest BCUT2D eigenvalue weighted by atomic mass is 10.1. The van der Waals surface area contributed by atoms with Gasteiger partial charge >= 0.3 is 0 Å². The van der Waals surface area contributed by atoms with Crippen molar-refractivity contribution in [2.45, 2.75) is 20.4 Å². The maximum Gasteiger partial charge on any atom is 0.214 e. The van der Waals surface area contributed by atoms with E-state index in [-0.39, 0.29) is 5.78 Å². The van der Waals surface area contributed by atoms with Crippen LogP contribution < -0.4 is 9.47 Å². The van der Waals surface area contributed by atoms with E-state index in [0.29, 0.717) is 29.3 Å². The molecule has 0 atom stereocenters. The number of aryl methyl sites for hydroxylation is 2. The molecule has 1 heterocycles. The second kappa shape index (κ2) is 5.77. The van der Waals surface area contributed by atoms with Crippen LogP contribution in [0, 0.1) is 6.92 Å². The summed E-state index contributed by atoms with van der Waals surface area (Å²) in [6, 6.07) is 6.96. The number of nitrogens with zero attached hydrogens (tertiary/aromatic N) is 2. The second-order valence-corrected chi connectivity index (χ2v) is 4.38. The van der Waals surface area contributed by atoms with Gasteiger partial charge in [0.15, 0.2) is 0 Å². The van der Waals surface area contributed by atoms with Crippen molar-refractivity contribution in [1.82, 2.24) is 9.78 Å². The van der Waals surface area contributed by atoms with Crippen molar-refractivity contribution < 1.29 is 14.3 Å². The minimum absolute atomic E-state index is 0.122. The zero-order chi connectivity index (χ0) is 14.7. The average molecular weight is 274 g/mol. The molecule has 2 aromatic rings. The molecule has 2 rings (SSSR count). The predicted octanol–water partition coefficient (Wildman–Crippen LogP) is 2.46. The van der Waals surface area contributed by atoms with Crippen LogP contribution in [0.2, 0.25) is 0 Å². The molecule has 20 heavy (non-hydrogen) atoms. The molecule has 0 spiro atoms. The SMILES string of the molecule is CCn1nc(C)cc1C(=O)c1cc(OC)ccc1OC. The van der Waals surface area contributed by atoms with Gasteiger partial charge in [0.05, 0.1) is 25.5 Å². The van der Waals surface area contributed by atoms with Gasteiger partial charge in [0.25, 0.3) is 0 Å². The summed E-state index contributed by atoms with van der Waals surface area (Å²) in [6.07, 6.45) is 0. The third-order valence-corrected chi connectivity index (χ3v) is 3.09. The summed E-state index contributed by atoms with van der Waals surface area (Å²) in [5.41, 5.74) is 1.84. The normalized spacial score (nSPS) is 10.4. The Morgan fingerprint density at radius 3 is 2.60 bits per heavy atom. The number of rotatable bonds is 5. The highest BCUT2D eigenvalue weighted by Crippen LogP contribution is 2.26. The molecule has 0 unspecified atom stereocenters. The standard InChI is InChI=1S/C15H18N2O3/c1-5-17-13(8-10(2)16-17)15(18)12-9-11(19-3)6-7-14(12)20-4/h6-9H,5H2,1-4H3. The maximum atomic E-state index is 12.7. The molecule has 0 aliphatic heterocycles. The molecule has 0 N–H and O–H groups in total. The van der Waals surface area contributed by atoms with Crippen LogP contribution in [0.25, 0.3) is 0 Å². The van der Waals surface area contributed by atoms with E-state index in [1.54, 1.807) is 43.2 Å². The molecule has 1 aromatic carbocycles. The second-order valence-electron chi connectivity index (χ2n) is 4.38. The van der Waals surface area contributed by atoms with Crippen LogP contribution in [-0.4, -0.2) is 29.8 Å². The van der Waals surface area contributed by atoms with Gasteiger partial charge in [-0.3, -0.25) is 9.48 Å². The Bertz CT molecular complexity index is 632. The molecule has 0 aliphatic rings. The van der Waals surface area contributed by atoms with E-state index in [1.165, 1.54) is 0 Å². The number of carbonyl (C=O) groups excluding carboxylic acids is 1. The molecular formula is C15H18N2O3. The fraction of sp³-hybridized carbons (Fsp3) is 0.333. The van der Waals surface area contributed by atoms with Gasteiger partial charge in [-0.25, -0.2) is 0 Å². The quantitative estimate of drug-likeness (QED) is 0.786. The molecule has 0 aliphatic carbocycles. The molecule has 106 valence electrons. The molecule has 0 bridgehead atoms. The first-order valence-corrected chi connectivity index (χ1v) is 6.41. The van der Waals surface area contributed by atoms with E-state index < -0.39 is 0 Å². The van der Waals surface area contributed by atoms with E-state index in [9.17, 15) is 4.79 Å². The van der Waals surface area contributed by atoms with Crippen LogP contribution in [0.3, 0.4) is 0 Å². The predicted molar refractivity (Wildman–Crippen MR) is 75.6 cm³/mol. The summed E-state index contributed by atoms with van der Waals surface area (Å²) in [7, 11) is 3.11. The monoisotopic (exact) mass is 274 g/mol. The number of aromatic nitrogens is 2. The molecule has 0 amide bonds. The highest BCUT2D eigenvalue weighted by atomic mass is 16.5. The number of hydrogen-bond acceptors (Lipinski definition) is 4. The summed E-state index contributed by atoms with van der Waals surface area (Å²) in [5, 5.41) is 4.30. The highest BCUT2D eigenvalue weighted by Gasteiger charge is 2.19. The van der Waals surface area contributed by atoms with Gasteiger partial charge in [-0.15, -0.1) is 0 Å². The van der Waals surface area contributed by atoms with Crippen molar-refractivity contribution in [2.75, 3.05) is 14.2 Å². The summed E-state index contributed by atoms with van der Waals surface area (Å²) in [6.45, 7) is 4.46. The van der Waals surface area contributed by atoms with Crippen molar-refractivity contribution in [2.24, 2.45) is 0 Å². The fourth-order valence-corrected chi connectivity index (χ4v) is 2.10. The molecule has 0 radical (unpaired) electrons. The third-order valence-electron chi connectivity index (χ3n) is 3.09. The zero-order valence-corrected chi connectivity index (χ0v) is 12.1. The van der Waals surface area contributed by atoms with E-state index in [2.05, 4.69) is 5.10 Å². The first-order chi connectivity index (χ1) is 9.60. The third kappa shape index (κ3) is 2.52. The Morgan fingerprint density at radius 2 is 2.00 bits per heavy atom. The molecule has 0 fully saturated rings. The van der Waals surface area contributed by atoms with Gasteiger partial charge in [-0.1, -0.05) is 0 Å². The van der Waals surface area contributed by atoms with Crippen LogP contribution in [0.1, 0.15) is 28.7 Å². The number of ether oxygens (including phenoxy) is 2. The Labute approximate surface area is 118 Å². The lowest BCUT2D eigenvalue weighted by molar-refractivity contribution is 0.102. The number of methoxy groups -OCH3 is 2. The molecule has 1 aromatic heterocycles. The van der Waals surface area contributed by atoms with Crippen molar-refractivity contribution >= 4 is 5.78 Å². The Morgan fingerprint density at radius 1 is 1.25 bits per heavy atom. The van der Waals surface area contributed by atoms with Crippen LogP contribution in [0.4, 0.5) is 0 Å². The van der Waals surface area contributed by atoms with Crippen molar-refractivity contribution in [3.63, 3.8) is 0 Å². The Balaban J connectivity index is 2.51.